The van der Waals surface area contributed by atoms with Gasteiger partial charge in [0.25, 0.3) is 0 Å². The summed E-state index contributed by atoms with van der Waals surface area (Å²) in [5.74, 6) is 1.48. The number of aryl methyl sites for hydroxylation is 1. The van der Waals surface area contributed by atoms with E-state index in [0.717, 1.165) is 28.1 Å². The molecule has 1 unspecified atom stereocenters. The Balaban J connectivity index is 2.30. The van der Waals surface area contributed by atoms with Crippen LogP contribution in [0.4, 0.5) is 0 Å². The van der Waals surface area contributed by atoms with Crippen molar-refractivity contribution in [1.29, 1.82) is 0 Å². The fraction of sp³-hybridized carbons (Fsp3) is 0.733. The zero-order valence-electron chi connectivity index (χ0n) is 12.2. The average Bonchev–Trinajstić information content (AvgIpc) is 2.40. The van der Waals surface area contributed by atoms with Crippen LogP contribution in [0.25, 0.3) is 0 Å². The van der Waals surface area contributed by atoms with E-state index in [2.05, 4.69) is 23.8 Å². The normalized spacial score (nSPS) is 18.5. The van der Waals surface area contributed by atoms with Crippen molar-refractivity contribution in [2.75, 3.05) is 7.11 Å². The molecule has 1 aliphatic carbocycles. The van der Waals surface area contributed by atoms with Crippen molar-refractivity contribution >= 4 is 12.2 Å². The van der Waals surface area contributed by atoms with Gasteiger partial charge in [-0.2, -0.15) is 0 Å². The van der Waals surface area contributed by atoms with Crippen LogP contribution in [0.2, 0.25) is 0 Å². The predicted octanol–water partition coefficient (Wildman–Crippen LogP) is 4.28. The molecule has 1 aromatic rings. The van der Waals surface area contributed by atoms with Gasteiger partial charge in [-0.15, -0.1) is 0 Å². The molecular weight excluding hydrogens is 256 g/mol. The highest BCUT2D eigenvalue weighted by Crippen LogP contribution is 2.35. The molecule has 4 heteroatoms. The molecule has 19 heavy (non-hydrogen) atoms. The smallest absolute Gasteiger partial charge is 0.137 e. The molecule has 0 radical (unpaired) electrons. The predicted molar refractivity (Wildman–Crippen MR) is 79.9 cm³/mol. The lowest BCUT2D eigenvalue weighted by Crippen LogP contribution is -2.21. The first kappa shape index (κ1) is 14.7. The van der Waals surface area contributed by atoms with Crippen LogP contribution in [0.15, 0.2) is 0 Å². The Labute approximate surface area is 120 Å². The monoisotopic (exact) mass is 280 g/mol. The molecule has 2 rings (SSSR count). The van der Waals surface area contributed by atoms with Gasteiger partial charge in [-0.1, -0.05) is 38.4 Å². The first-order valence-corrected chi connectivity index (χ1v) is 7.70. The minimum atomic E-state index is 0.0617. The van der Waals surface area contributed by atoms with Crippen molar-refractivity contribution in [1.82, 2.24) is 9.97 Å². The Bertz CT molecular complexity index is 478. The van der Waals surface area contributed by atoms with Crippen LogP contribution in [0.1, 0.15) is 62.2 Å². The summed E-state index contributed by atoms with van der Waals surface area (Å²) in [5, 5.41) is 0. The van der Waals surface area contributed by atoms with Gasteiger partial charge < -0.3 is 9.72 Å². The lowest BCUT2D eigenvalue weighted by Gasteiger charge is -2.28. The number of hydrogen-bond acceptors (Lipinski definition) is 3. The molecule has 3 nitrogen and oxygen atoms in total. The number of hydrogen-bond donors (Lipinski definition) is 1. The van der Waals surface area contributed by atoms with E-state index in [1.54, 1.807) is 7.11 Å². The summed E-state index contributed by atoms with van der Waals surface area (Å²) in [5.41, 5.74) is 2.28. The minimum absolute atomic E-state index is 0.0617. The summed E-state index contributed by atoms with van der Waals surface area (Å²) < 4.78 is 6.45. The van der Waals surface area contributed by atoms with Crippen LogP contribution in [0.5, 0.6) is 0 Å². The fourth-order valence-electron chi connectivity index (χ4n) is 3.15. The largest absolute Gasteiger partial charge is 0.373 e. The molecule has 1 atom stereocenters. The van der Waals surface area contributed by atoms with Gasteiger partial charge in [0.15, 0.2) is 0 Å². The van der Waals surface area contributed by atoms with E-state index in [1.807, 2.05) is 0 Å². The summed E-state index contributed by atoms with van der Waals surface area (Å²) >= 11 is 5.41. The van der Waals surface area contributed by atoms with Crippen LogP contribution in [0.3, 0.4) is 0 Å². The third-order valence-electron chi connectivity index (χ3n) is 4.20. The summed E-state index contributed by atoms with van der Waals surface area (Å²) in [7, 11) is 1.78. The standard InChI is InChI=1S/C15H24N2OS/c1-4-12-10(2)16-14(17-15(12)19)13(18-3)11-8-6-5-7-9-11/h11,13H,4-9H2,1-3H3,(H,16,17,19). The Morgan fingerprint density at radius 3 is 2.58 bits per heavy atom. The highest BCUT2D eigenvalue weighted by Gasteiger charge is 2.27. The average molecular weight is 280 g/mol. The van der Waals surface area contributed by atoms with E-state index in [4.69, 9.17) is 17.0 Å². The highest BCUT2D eigenvalue weighted by molar-refractivity contribution is 7.71. The second-order valence-electron chi connectivity index (χ2n) is 5.44. The van der Waals surface area contributed by atoms with Gasteiger partial charge in [0, 0.05) is 18.4 Å². The van der Waals surface area contributed by atoms with Crippen molar-refractivity contribution in [3.05, 3.63) is 21.7 Å². The molecule has 0 spiro atoms. The van der Waals surface area contributed by atoms with Gasteiger partial charge in [-0.3, -0.25) is 0 Å². The number of aromatic nitrogens is 2. The van der Waals surface area contributed by atoms with Gasteiger partial charge in [0.05, 0.1) is 0 Å². The number of nitrogens with zero attached hydrogens (tertiary/aromatic N) is 1. The quantitative estimate of drug-likeness (QED) is 0.837. The van der Waals surface area contributed by atoms with Crippen molar-refractivity contribution in [3.8, 4) is 0 Å². The van der Waals surface area contributed by atoms with Crippen LogP contribution >= 0.6 is 12.2 Å². The van der Waals surface area contributed by atoms with E-state index >= 15 is 0 Å². The molecule has 1 heterocycles. The lowest BCUT2D eigenvalue weighted by atomic mass is 9.85. The van der Waals surface area contributed by atoms with Gasteiger partial charge in [-0.25, -0.2) is 4.98 Å². The molecule has 0 aromatic carbocycles. The van der Waals surface area contributed by atoms with Gasteiger partial charge in [-0.05, 0) is 32.1 Å². The second kappa shape index (κ2) is 6.62. The number of aromatic amines is 1. The van der Waals surface area contributed by atoms with Gasteiger partial charge in [0.1, 0.15) is 16.6 Å². The molecule has 1 aliphatic rings. The fourth-order valence-corrected chi connectivity index (χ4v) is 3.54. The third-order valence-corrected chi connectivity index (χ3v) is 4.54. The molecule has 0 aliphatic heterocycles. The Hall–Kier alpha value is -0.740. The van der Waals surface area contributed by atoms with E-state index in [9.17, 15) is 0 Å². The van der Waals surface area contributed by atoms with Crippen LogP contribution in [-0.2, 0) is 11.2 Å². The number of ether oxygens (including phenoxy) is 1. The highest BCUT2D eigenvalue weighted by atomic mass is 32.1. The molecule has 1 saturated carbocycles. The summed E-state index contributed by atoms with van der Waals surface area (Å²) in [6.07, 6.45) is 7.41. The molecule has 1 aromatic heterocycles. The van der Waals surface area contributed by atoms with E-state index in [-0.39, 0.29) is 6.10 Å². The first-order valence-electron chi connectivity index (χ1n) is 7.29. The topological polar surface area (TPSA) is 37.9 Å². The van der Waals surface area contributed by atoms with E-state index in [0.29, 0.717) is 5.92 Å². The summed E-state index contributed by atoms with van der Waals surface area (Å²) in [6, 6.07) is 0. The third kappa shape index (κ3) is 3.23. The van der Waals surface area contributed by atoms with Crippen molar-refractivity contribution < 1.29 is 4.74 Å². The van der Waals surface area contributed by atoms with Gasteiger partial charge in [0.2, 0.25) is 0 Å². The molecule has 0 bridgehead atoms. The van der Waals surface area contributed by atoms with E-state index < -0.39 is 0 Å². The van der Waals surface area contributed by atoms with Crippen LogP contribution in [0, 0.1) is 17.5 Å². The molecule has 106 valence electrons. The van der Waals surface area contributed by atoms with Crippen LogP contribution < -0.4 is 0 Å². The lowest BCUT2D eigenvalue weighted by molar-refractivity contribution is 0.0287. The van der Waals surface area contributed by atoms with Crippen molar-refractivity contribution in [3.63, 3.8) is 0 Å². The first-order chi connectivity index (χ1) is 9.17. The van der Waals surface area contributed by atoms with Gasteiger partial charge >= 0.3 is 0 Å². The summed E-state index contributed by atoms with van der Waals surface area (Å²) in [6.45, 7) is 4.19. The van der Waals surface area contributed by atoms with Crippen LogP contribution in [-0.4, -0.2) is 17.1 Å². The maximum Gasteiger partial charge on any atom is 0.137 e. The van der Waals surface area contributed by atoms with Crippen molar-refractivity contribution in [2.24, 2.45) is 5.92 Å². The van der Waals surface area contributed by atoms with Crippen molar-refractivity contribution in [2.45, 2.75) is 58.5 Å². The minimum Gasteiger partial charge on any atom is -0.373 e. The molecule has 0 amide bonds. The Morgan fingerprint density at radius 1 is 1.37 bits per heavy atom. The zero-order valence-corrected chi connectivity index (χ0v) is 13.0. The number of nitrogens with one attached hydrogen (secondary N) is 1. The molecular formula is C15H24N2OS. The number of rotatable bonds is 4. The SMILES string of the molecule is CCc1c(C)[nH]c(C(OC)C2CCCCC2)nc1=S. The summed E-state index contributed by atoms with van der Waals surface area (Å²) in [4.78, 5) is 8.00. The molecule has 0 saturated heterocycles. The number of H-pyrrole nitrogens is 1. The maximum atomic E-state index is 5.72. The zero-order chi connectivity index (χ0) is 13.8. The van der Waals surface area contributed by atoms with E-state index in [1.165, 1.54) is 32.1 Å². The Kier molecular flexibility index (Phi) is 5.11. The Morgan fingerprint density at radius 2 is 2.05 bits per heavy atom. The number of methoxy groups -OCH3 is 1. The molecule has 1 N–H and O–H groups in total. The second-order valence-corrected chi connectivity index (χ2v) is 5.83. The molecule has 1 fully saturated rings. The maximum absolute atomic E-state index is 5.72.